The van der Waals surface area contributed by atoms with Crippen molar-refractivity contribution >= 4 is 42.3 Å². The van der Waals surface area contributed by atoms with Crippen LogP contribution in [0.4, 0.5) is 13.2 Å². The van der Waals surface area contributed by atoms with Crippen molar-refractivity contribution in [1.82, 2.24) is 20.4 Å². The van der Waals surface area contributed by atoms with Gasteiger partial charge in [0.15, 0.2) is 0 Å². The molecule has 162 valence electrons. The first-order valence-corrected chi connectivity index (χ1v) is 8.79. The monoisotopic (exact) mass is 464 g/mol. The Bertz CT molecular complexity index is 614. The Labute approximate surface area is 180 Å². The summed E-state index contributed by atoms with van der Waals surface area (Å²) in [4.78, 5) is 15.6. The smallest absolute Gasteiger partial charge is 0.353 e. The van der Waals surface area contributed by atoms with Gasteiger partial charge in [-0.1, -0.05) is 23.7 Å². The molecule has 1 amide bonds. The van der Waals surface area contributed by atoms with Crippen molar-refractivity contribution in [2.45, 2.75) is 18.3 Å². The third kappa shape index (κ3) is 7.57. The molecule has 2 rings (SSSR count). The largest absolute Gasteiger partial charge is 0.405 e. The zero-order chi connectivity index (χ0) is 19.3. The van der Waals surface area contributed by atoms with Crippen LogP contribution < -0.4 is 10.6 Å². The second kappa shape index (κ2) is 12.0. The summed E-state index contributed by atoms with van der Waals surface area (Å²) in [5, 5.41) is 5.98. The molecule has 0 saturated carbocycles. The van der Waals surface area contributed by atoms with Gasteiger partial charge in [0.25, 0.3) is 0 Å². The van der Waals surface area contributed by atoms with Crippen molar-refractivity contribution < 1.29 is 18.0 Å². The van der Waals surface area contributed by atoms with Gasteiger partial charge >= 0.3 is 6.18 Å². The minimum absolute atomic E-state index is 0. The van der Waals surface area contributed by atoms with Gasteiger partial charge in [-0.15, -0.1) is 24.8 Å². The molecule has 2 N–H and O–H groups in total. The van der Waals surface area contributed by atoms with E-state index in [-0.39, 0.29) is 24.8 Å². The lowest BCUT2D eigenvalue weighted by atomic mass is 10.0. The van der Waals surface area contributed by atoms with E-state index in [1.165, 1.54) is 4.90 Å². The zero-order valence-corrected chi connectivity index (χ0v) is 18.0. The summed E-state index contributed by atoms with van der Waals surface area (Å²) in [6, 6.07) is 4.35. The Hall–Kier alpha value is -0.770. The highest BCUT2D eigenvalue weighted by Crippen LogP contribution is 2.26. The maximum absolute atomic E-state index is 13.4. The first-order valence-electron chi connectivity index (χ1n) is 8.41. The normalized spacial score (nSPS) is 17.2. The number of hydrogen-bond donors (Lipinski definition) is 2. The van der Waals surface area contributed by atoms with Crippen molar-refractivity contribution in [3.8, 4) is 0 Å². The maximum Gasteiger partial charge on any atom is 0.405 e. The van der Waals surface area contributed by atoms with E-state index in [0.717, 1.165) is 0 Å². The molecule has 5 nitrogen and oxygen atoms in total. The molecule has 1 fully saturated rings. The summed E-state index contributed by atoms with van der Waals surface area (Å²) in [6.07, 6.45) is -4.41. The molecule has 1 aromatic carbocycles. The van der Waals surface area contributed by atoms with E-state index in [2.05, 4.69) is 10.6 Å². The summed E-state index contributed by atoms with van der Waals surface area (Å²) in [6.45, 7) is 1.12. The van der Waals surface area contributed by atoms with E-state index < -0.39 is 30.7 Å². The second-order valence-electron chi connectivity index (χ2n) is 6.51. The molecule has 1 aliphatic rings. The predicted molar refractivity (Wildman–Crippen MR) is 110 cm³/mol. The SMILES string of the molecule is CN(C)C(C(=O)NCC(N1CCNCC1)C(F)(F)F)c1cccc(Cl)c1.Cl.Cl. The molecule has 0 spiro atoms. The molecule has 0 radical (unpaired) electrons. The minimum Gasteiger partial charge on any atom is -0.353 e. The number of amides is 1. The lowest BCUT2D eigenvalue weighted by Crippen LogP contribution is -2.58. The lowest BCUT2D eigenvalue weighted by molar-refractivity contribution is -0.184. The van der Waals surface area contributed by atoms with Gasteiger partial charge < -0.3 is 10.6 Å². The Morgan fingerprint density at radius 1 is 1.29 bits per heavy atom. The Morgan fingerprint density at radius 2 is 1.89 bits per heavy atom. The van der Waals surface area contributed by atoms with Crippen LogP contribution in [0.25, 0.3) is 0 Å². The highest BCUT2D eigenvalue weighted by molar-refractivity contribution is 6.30. The van der Waals surface area contributed by atoms with Gasteiger partial charge in [0.2, 0.25) is 5.91 Å². The van der Waals surface area contributed by atoms with Gasteiger partial charge in [0.05, 0.1) is 0 Å². The van der Waals surface area contributed by atoms with Gasteiger partial charge in [0.1, 0.15) is 12.1 Å². The van der Waals surface area contributed by atoms with Gasteiger partial charge in [-0.3, -0.25) is 14.6 Å². The number of halogens is 6. The predicted octanol–water partition coefficient (Wildman–Crippen LogP) is 2.74. The molecular formula is C17H26Cl3F3N4O. The van der Waals surface area contributed by atoms with Crippen molar-refractivity contribution in [2.75, 3.05) is 46.8 Å². The minimum atomic E-state index is -4.41. The molecule has 0 bridgehead atoms. The summed E-state index contributed by atoms with van der Waals surface area (Å²) in [5.41, 5.74) is 0.630. The average molecular weight is 466 g/mol. The topological polar surface area (TPSA) is 47.6 Å². The van der Waals surface area contributed by atoms with E-state index in [4.69, 9.17) is 11.6 Å². The van der Waals surface area contributed by atoms with Crippen LogP contribution in [0.5, 0.6) is 0 Å². The van der Waals surface area contributed by atoms with Crippen LogP contribution in [-0.2, 0) is 4.79 Å². The number of piperazine rings is 1. The highest BCUT2D eigenvalue weighted by atomic mass is 35.5. The first kappa shape index (κ1) is 27.2. The molecule has 1 aromatic rings. The van der Waals surface area contributed by atoms with Crippen LogP contribution in [-0.4, -0.2) is 74.7 Å². The molecule has 1 aliphatic heterocycles. The van der Waals surface area contributed by atoms with E-state index >= 15 is 0 Å². The Balaban J connectivity index is 0.00000364. The molecule has 2 unspecified atom stereocenters. The number of likely N-dealkylation sites (N-methyl/N-ethyl adjacent to an activating group) is 1. The van der Waals surface area contributed by atoms with Crippen molar-refractivity contribution in [1.29, 1.82) is 0 Å². The standard InChI is InChI=1S/C17H24ClF3N4O.2ClH/c1-24(2)15(12-4-3-5-13(18)10-12)16(26)23-11-14(17(19,20)21)25-8-6-22-7-9-25;;/h3-5,10,14-15,22H,6-9,11H2,1-2H3,(H,23,26);2*1H. The number of rotatable bonds is 6. The molecule has 1 heterocycles. The molecular weight excluding hydrogens is 440 g/mol. The summed E-state index contributed by atoms with van der Waals surface area (Å²) in [5.74, 6) is -0.485. The van der Waals surface area contributed by atoms with Gasteiger partial charge in [0, 0.05) is 37.7 Å². The molecule has 2 atom stereocenters. The van der Waals surface area contributed by atoms with Crippen molar-refractivity contribution in [2.24, 2.45) is 0 Å². The maximum atomic E-state index is 13.4. The average Bonchev–Trinajstić information content (AvgIpc) is 2.54. The van der Waals surface area contributed by atoms with Crippen molar-refractivity contribution in [3.05, 3.63) is 34.9 Å². The third-order valence-electron chi connectivity index (χ3n) is 4.37. The molecule has 0 aliphatic carbocycles. The van der Waals surface area contributed by atoms with Gasteiger partial charge in [-0.2, -0.15) is 13.2 Å². The van der Waals surface area contributed by atoms with E-state index in [1.807, 2.05) is 0 Å². The second-order valence-corrected chi connectivity index (χ2v) is 6.95. The number of carbonyl (C=O) groups excluding carboxylic acids is 1. The summed E-state index contributed by atoms with van der Waals surface area (Å²) >= 11 is 5.98. The quantitative estimate of drug-likeness (QED) is 0.678. The third-order valence-corrected chi connectivity index (χ3v) is 4.60. The lowest BCUT2D eigenvalue weighted by Gasteiger charge is -2.36. The Morgan fingerprint density at radius 3 is 2.39 bits per heavy atom. The number of benzene rings is 1. The van der Waals surface area contributed by atoms with Crippen LogP contribution in [0.15, 0.2) is 24.3 Å². The van der Waals surface area contributed by atoms with Gasteiger partial charge in [-0.05, 0) is 31.8 Å². The number of nitrogens with one attached hydrogen (secondary N) is 2. The van der Waals surface area contributed by atoms with E-state index in [9.17, 15) is 18.0 Å². The number of nitrogens with zero attached hydrogens (tertiary/aromatic N) is 2. The van der Waals surface area contributed by atoms with Crippen LogP contribution in [0, 0.1) is 0 Å². The summed E-state index contributed by atoms with van der Waals surface area (Å²) < 4.78 is 40.3. The highest BCUT2D eigenvalue weighted by Gasteiger charge is 2.44. The van der Waals surface area contributed by atoms with E-state index in [1.54, 1.807) is 43.3 Å². The number of hydrogen-bond acceptors (Lipinski definition) is 4. The molecule has 0 aromatic heterocycles. The van der Waals surface area contributed by atoms with E-state index in [0.29, 0.717) is 36.8 Å². The molecule has 28 heavy (non-hydrogen) atoms. The summed E-state index contributed by atoms with van der Waals surface area (Å²) in [7, 11) is 3.39. The van der Waals surface area contributed by atoms with Crippen LogP contribution >= 0.6 is 36.4 Å². The number of alkyl halides is 3. The van der Waals surface area contributed by atoms with Crippen LogP contribution in [0.2, 0.25) is 5.02 Å². The molecule has 1 saturated heterocycles. The number of carbonyl (C=O) groups is 1. The molecule has 11 heteroatoms. The van der Waals surface area contributed by atoms with Crippen molar-refractivity contribution in [3.63, 3.8) is 0 Å². The van der Waals surface area contributed by atoms with Gasteiger partial charge in [-0.25, -0.2) is 0 Å². The Kier molecular flexibility index (Phi) is 11.7. The first-order chi connectivity index (χ1) is 12.2. The fourth-order valence-electron chi connectivity index (χ4n) is 3.10. The van der Waals surface area contributed by atoms with Crippen LogP contribution in [0.1, 0.15) is 11.6 Å². The van der Waals surface area contributed by atoms with Crippen LogP contribution in [0.3, 0.4) is 0 Å². The fourth-order valence-corrected chi connectivity index (χ4v) is 3.30. The zero-order valence-electron chi connectivity index (χ0n) is 15.6. The fraction of sp³-hybridized carbons (Fsp3) is 0.588.